The molecule has 102 valence electrons. The summed E-state index contributed by atoms with van der Waals surface area (Å²) in [4.78, 5) is 0. The summed E-state index contributed by atoms with van der Waals surface area (Å²) in [6.07, 6.45) is 7.04. The lowest BCUT2D eigenvalue weighted by Crippen LogP contribution is -1.95. The van der Waals surface area contributed by atoms with Gasteiger partial charge in [0, 0.05) is 0 Å². The van der Waals surface area contributed by atoms with Gasteiger partial charge in [0.1, 0.15) is 0 Å². The van der Waals surface area contributed by atoms with Crippen molar-refractivity contribution in [3.05, 3.63) is 41.7 Å². The summed E-state index contributed by atoms with van der Waals surface area (Å²) in [6, 6.07) is 8.63. The van der Waals surface area contributed by atoms with Gasteiger partial charge in [-0.15, -0.1) is 5.10 Å². The molecule has 0 atom stereocenters. The third kappa shape index (κ3) is 4.19. The van der Waals surface area contributed by atoms with Crippen molar-refractivity contribution in [1.82, 2.24) is 15.0 Å². The van der Waals surface area contributed by atoms with Crippen LogP contribution in [0.2, 0.25) is 0 Å². The molecule has 0 radical (unpaired) electrons. The highest BCUT2D eigenvalue weighted by molar-refractivity contribution is 5.33. The molecule has 0 aliphatic rings. The smallest absolute Gasteiger partial charge is 0.0800 e. The van der Waals surface area contributed by atoms with Crippen LogP contribution in [0.25, 0.3) is 5.69 Å². The van der Waals surface area contributed by atoms with Gasteiger partial charge in [-0.1, -0.05) is 44.0 Å². The molecule has 3 nitrogen and oxygen atoms in total. The number of nitrogens with zero attached hydrogens (tertiary/aromatic N) is 3. The molecular weight excluding hydrogens is 234 g/mol. The van der Waals surface area contributed by atoms with Gasteiger partial charge in [-0.25, -0.2) is 4.68 Å². The molecule has 0 spiro atoms. The van der Waals surface area contributed by atoms with E-state index in [9.17, 15) is 0 Å². The summed E-state index contributed by atoms with van der Waals surface area (Å²) in [6.45, 7) is 6.52. The monoisotopic (exact) mass is 257 g/mol. The molecule has 0 N–H and O–H groups in total. The fourth-order valence-corrected chi connectivity index (χ4v) is 2.17. The van der Waals surface area contributed by atoms with Crippen LogP contribution in [0.3, 0.4) is 0 Å². The van der Waals surface area contributed by atoms with E-state index in [2.05, 4.69) is 48.4 Å². The van der Waals surface area contributed by atoms with Crippen molar-refractivity contribution in [3.8, 4) is 5.69 Å². The Morgan fingerprint density at radius 3 is 2.42 bits per heavy atom. The van der Waals surface area contributed by atoms with Crippen LogP contribution in [0.1, 0.15) is 44.4 Å². The van der Waals surface area contributed by atoms with Crippen molar-refractivity contribution in [3.63, 3.8) is 0 Å². The van der Waals surface area contributed by atoms with E-state index >= 15 is 0 Å². The van der Waals surface area contributed by atoms with Crippen LogP contribution >= 0.6 is 0 Å². The molecule has 0 aliphatic heterocycles. The molecule has 19 heavy (non-hydrogen) atoms. The Morgan fingerprint density at radius 1 is 1.11 bits per heavy atom. The normalized spacial score (nSPS) is 11.2. The Morgan fingerprint density at radius 2 is 1.84 bits per heavy atom. The van der Waals surface area contributed by atoms with Gasteiger partial charge in [0.2, 0.25) is 0 Å². The molecule has 2 rings (SSSR count). The average molecular weight is 257 g/mol. The first-order chi connectivity index (χ1) is 9.15. The van der Waals surface area contributed by atoms with Gasteiger partial charge in [0.25, 0.3) is 0 Å². The zero-order valence-electron chi connectivity index (χ0n) is 12.1. The van der Waals surface area contributed by atoms with Crippen LogP contribution in [0.15, 0.2) is 30.5 Å². The van der Waals surface area contributed by atoms with Gasteiger partial charge in [0.05, 0.1) is 17.6 Å². The third-order valence-electron chi connectivity index (χ3n) is 3.31. The van der Waals surface area contributed by atoms with Crippen LogP contribution in [-0.4, -0.2) is 15.0 Å². The Kier molecular flexibility index (Phi) is 4.72. The predicted octanol–water partition coefficient (Wildman–Crippen LogP) is 3.94. The molecular formula is C16H23N3. The highest BCUT2D eigenvalue weighted by Gasteiger charge is 2.00. The molecule has 0 aliphatic carbocycles. The predicted molar refractivity (Wildman–Crippen MR) is 78.5 cm³/mol. The first-order valence-corrected chi connectivity index (χ1v) is 7.13. The van der Waals surface area contributed by atoms with E-state index in [1.165, 1.54) is 31.2 Å². The lowest BCUT2D eigenvalue weighted by atomic mass is 10.0. The van der Waals surface area contributed by atoms with Gasteiger partial charge in [-0.05, 0) is 43.4 Å². The average Bonchev–Trinajstić information content (AvgIpc) is 2.82. The molecule has 0 saturated heterocycles. The number of aromatic nitrogens is 3. The van der Waals surface area contributed by atoms with Gasteiger partial charge >= 0.3 is 0 Å². The van der Waals surface area contributed by atoms with Crippen molar-refractivity contribution in [2.24, 2.45) is 5.92 Å². The van der Waals surface area contributed by atoms with Crippen molar-refractivity contribution in [2.75, 3.05) is 0 Å². The highest BCUT2D eigenvalue weighted by Crippen LogP contribution is 2.13. The topological polar surface area (TPSA) is 30.7 Å². The van der Waals surface area contributed by atoms with E-state index in [1.54, 1.807) is 0 Å². The van der Waals surface area contributed by atoms with Crippen molar-refractivity contribution >= 4 is 0 Å². The lowest BCUT2D eigenvalue weighted by Gasteiger charge is -2.05. The summed E-state index contributed by atoms with van der Waals surface area (Å²) in [7, 11) is 0. The Bertz CT molecular complexity index is 497. The SMILES string of the molecule is Cc1cn(-c2ccc(CCCCC(C)C)cc2)nn1. The lowest BCUT2D eigenvalue weighted by molar-refractivity contribution is 0.538. The van der Waals surface area contributed by atoms with E-state index in [4.69, 9.17) is 0 Å². The van der Waals surface area contributed by atoms with Gasteiger partial charge in [-0.3, -0.25) is 0 Å². The number of hydrogen-bond acceptors (Lipinski definition) is 2. The minimum atomic E-state index is 0.818. The fraction of sp³-hybridized carbons (Fsp3) is 0.500. The van der Waals surface area contributed by atoms with Gasteiger partial charge < -0.3 is 0 Å². The molecule has 1 aromatic heterocycles. The molecule has 0 fully saturated rings. The Labute approximate surface area is 115 Å². The molecule has 1 heterocycles. The maximum Gasteiger partial charge on any atom is 0.0800 e. The largest absolute Gasteiger partial charge is 0.220 e. The maximum atomic E-state index is 4.08. The zero-order chi connectivity index (χ0) is 13.7. The molecule has 2 aromatic rings. The van der Waals surface area contributed by atoms with Crippen molar-refractivity contribution < 1.29 is 0 Å². The number of aryl methyl sites for hydroxylation is 2. The molecule has 0 unspecified atom stereocenters. The van der Waals surface area contributed by atoms with E-state index < -0.39 is 0 Å². The van der Waals surface area contributed by atoms with E-state index in [0.29, 0.717) is 0 Å². The highest BCUT2D eigenvalue weighted by atomic mass is 15.4. The second-order valence-corrected chi connectivity index (χ2v) is 5.61. The van der Waals surface area contributed by atoms with Crippen LogP contribution in [0.4, 0.5) is 0 Å². The first kappa shape index (κ1) is 13.8. The Balaban J connectivity index is 1.88. The summed E-state index contributed by atoms with van der Waals surface area (Å²) in [5, 5.41) is 8.08. The second-order valence-electron chi connectivity index (χ2n) is 5.61. The molecule has 0 saturated carbocycles. The van der Waals surface area contributed by atoms with E-state index in [1.807, 2.05) is 17.8 Å². The van der Waals surface area contributed by atoms with Crippen molar-refractivity contribution in [2.45, 2.75) is 46.5 Å². The minimum Gasteiger partial charge on any atom is -0.220 e. The summed E-state index contributed by atoms with van der Waals surface area (Å²) < 4.78 is 1.82. The van der Waals surface area contributed by atoms with E-state index in [-0.39, 0.29) is 0 Å². The third-order valence-corrected chi connectivity index (χ3v) is 3.31. The molecule has 3 heteroatoms. The minimum absolute atomic E-state index is 0.818. The quantitative estimate of drug-likeness (QED) is 0.734. The molecule has 1 aromatic carbocycles. The number of unbranched alkanes of at least 4 members (excludes halogenated alkanes) is 1. The van der Waals surface area contributed by atoms with Gasteiger partial charge in [-0.2, -0.15) is 0 Å². The number of rotatable bonds is 6. The van der Waals surface area contributed by atoms with Crippen LogP contribution in [0, 0.1) is 12.8 Å². The standard InChI is InChI=1S/C16H23N3/c1-13(2)6-4-5-7-15-8-10-16(11-9-15)19-12-14(3)17-18-19/h8-13H,4-7H2,1-3H3. The first-order valence-electron chi connectivity index (χ1n) is 7.13. The van der Waals surface area contributed by atoms with Gasteiger partial charge in [0.15, 0.2) is 0 Å². The van der Waals surface area contributed by atoms with Crippen molar-refractivity contribution in [1.29, 1.82) is 0 Å². The fourth-order valence-electron chi connectivity index (χ4n) is 2.17. The maximum absolute atomic E-state index is 4.08. The Hall–Kier alpha value is -1.64. The summed E-state index contributed by atoms with van der Waals surface area (Å²) >= 11 is 0. The van der Waals surface area contributed by atoms with Crippen LogP contribution in [-0.2, 0) is 6.42 Å². The summed E-state index contributed by atoms with van der Waals surface area (Å²) in [5.41, 5.74) is 3.42. The van der Waals surface area contributed by atoms with Crippen LogP contribution < -0.4 is 0 Å². The molecule has 0 amide bonds. The number of benzene rings is 1. The zero-order valence-corrected chi connectivity index (χ0v) is 12.1. The van der Waals surface area contributed by atoms with Crippen LogP contribution in [0.5, 0.6) is 0 Å². The number of hydrogen-bond donors (Lipinski definition) is 0. The molecule has 0 bridgehead atoms. The van der Waals surface area contributed by atoms with E-state index in [0.717, 1.165) is 17.3 Å². The second kappa shape index (κ2) is 6.50. The summed E-state index contributed by atoms with van der Waals surface area (Å²) in [5.74, 6) is 0.818.